The number of nitrogens with zero attached hydrogens (tertiary/aromatic N) is 3. The first-order chi connectivity index (χ1) is 15.1. The fraction of sp³-hybridized carbons (Fsp3) is 0.417. The number of allylic oxidation sites excluding steroid dienone is 4. The van der Waals surface area contributed by atoms with Crippen molar-refractivity contribution in [3.05, 3.63) is 73.6 Å². The van der Waals surface area contributed by atoms with Gasteiger partial charge in [0, 0.05) is 18.9 Å². The Labute approximate surface area is 184 Å². The van der Waals surface area contributed by atoms with Crippen molar-refractivity contribution in [2.75, 3.05) is 0 Å². The van der Waals surface area contributed by atoms with Gasteiger partial charge in [-0.1, -0.05) is 25.1 Å². The van der Waals surface area contributed by atoms with Crippen molar-refractivity contribution in [2.24, 2.45) is 18.4 Å². The molecule has 0 bridgehead atoms. The van der Waals surface area contributed by atoms with Gasteiger partial charge in [-0.2, -0.15) is 0 Å². The molecule has 1 aliphatic heterocycles. The first kappa shape index (κ1) is 20.5. The number of fused-ring (bicyclic) bond motifs is 4. The second-order valence-corrected chi connectivity index (χ2v) is 9.38. The van der Waals surface area contributed by atoms with E-state index in [4.69, 9.17) is 0 Å². The molecule has 2 heterocycles. The molecule has 32 heavy (non-hydrogen) atoms. The average Bonchev–Trinajstić information content (AvgIpc) is 2.98. The SMILES string of the molecule is CC1=CC(=O)[C@@]2(C)[C@@H](c3ccc(O)c(C)c3)C3=CCn4c(=O)n(C)c(=O)n4[C@@H]3C[C@H]2C1=O. The minimum Gasteiger partial charge on any atom is -0.508 e. The van der Waals surface area contributed by atoms with Crippen molar-refractivity contribution >= 4 is 11.6 Å². The molecule has 0 amide bonds. The summed E-state index contributed by atoms with van der Waals surface area (Å²) < 4.78 is 3.92. The zero-order chi connectivity index (χ0) is 23.1. The number of phenols is 1. The van der Waals surface area contributed by atoms with E-state index in [1.807, 2.05) is 19.1 Å². The van der Waals surface area contributed by atoms with E-state index in [1.54, 1.807) is 26.0 Å². The fourth-order valence-electron chi connectivity index (χ4n) is 5.89. The van der Waals surface area contributed by atoms with Crippen molar-refractivity contribution in [3.8, 4) is 5.75 Å². The van der Waals surface area contributed by atoms with Crippen molar-refractivity contribution in [2.45, 2.75) is 45.7 Å². The van der Waals surface area contributed by atoms with Crippen molar-refractivity contribution in [1.29, 1.82) is 0 Å². The van der Waals surface area contributed by atoms with E-state index in [0.29, 0.717) is 11.1 Å². The largest absolute Gasteiger partial charge is 0.508 e. The quantitative estimate of drug-likeness (QED) is 0.688. The van der Waals surface area contributed by atoms with Gasteiger partial charge < -0.3 is 5.11 Å². The molecule has 0 unspecified atom stereocenters. The Hall–Kier alpha value is -3.42. The number of aromatic hydroxyl groups is 1. The number of Topliss-reactive ketones (excluding diaryl/α,β-unsaturated/α-hetero) is 1. The summed E-state index contributed by atoms with van der Waals surface area (Å²) in [7, 11) is 1.44. The van der Waals surface area contributed by atoms with Crippen LogP contribution < -0.4 is 11.4 Å². The summed E-state index contributed by atoms with van der Waals surface area (Å²) in [5.41, 5.74) is 0.876. The van der Waals surface area contributed by atoms with Gasteiger partial charge in [0.15, 0.2) is 11.6 Å². The molecule has 8 heteroatoms. The van der Waals surface area contributed by atoms with Crippen LogP contribution in [-0.2, 0) is 23.2 Å². The summed E-state index contributed by atoms with van der Waals surface area (Å²) in [6.45, 7) is 5.48. The van der Waals surface area contributed by atoms with E-state index in [0.717, 1.165) is 15.7 Å². The molecular formula is C24H25N3O5. The maximum Gasteiger partial charge on any atom is 0.347 e. The lowest BCUT2D eigenvalue weighted by molar-refractivity contribution is -0.139. The molecule has 1 aromatic carbocycles. The number of phenolic OH excluding ortho intramolecular Hbond substituents is 1. The van der Waals surface area contributed by atoms with Crippen LogP contribution in [0.15, 0.2) is 51.1 Å². The highest BCUT2D eigenvalue weighted by molar-refractivity contribution is 6.13. The zero-order valence-corrected chi connectivity index (χ0v) is 18.5. The predicted molar refractivity (Wildman–Crippen MR) is 117 cm³/mol. The summed E-state index contributed by atoms with van der Waals surface area (Å²) in [6.07, 6.45) is 3.63. The number of carbonyl (C=O) groups is 2. The third-order valence-corrected chi connectivity index (χ3v) is 7.68. The van der Waals surface area contributed by atoms with E-state index in [9.17, 15) is 24.3 Å². The van der Waals surface area contributed by atoms with E-state index in [2.05, 4.69) is 0 Å². The molecule has 4 atom stereocenters. The molecule has 1 fully saturated rings. The van der Waals surface area contributed by atoms with Gasteiger partial charge in [-0.25, -0.2) is 23.5 Å². The molecule has 1 saturated carbocycles. The monoisotopic (exact) mass is 435 g/mol. The van der Waals surface area contributed by atoms with Gasteiger partial charge in [-0.15, -0.1) is 0 Å². The molecule has 3 aliphatic rings. The lowest BCUT2D eigenvalue weighted by Crippen LogP contribution is -2.54. The summed E-state index contributed by atoms with van der Waals surface area (Å²) in [5, 5.41) is 10.1. The Balaban J connectivity index is 1.80. The van der Waals surface area contributed by atoms with Crippen LogP contribution in [0.25, 0.3) is 0 Å². The Kier molecular flexibility index (Phi) is 4.19. The molecule has 2 aromatic rings. The third-order valence-electron chi connectivity index (χ3n) is 7.68. The number of hydrogen-bond acceptors (Lipinski definition) is 5. The number of benzene rings is 1. The summed E-state index contributed by atoms with van der Waals surface area (Å²) in [4.78, 5) is 52.3. The highest BCUT2D eigenvalue weighted by Crippen LogP contribution is 2.59. The van der Waals surface area contributed by atoms with E-state index in [-0.39, 0.29) is 30.3 Å². The molecule has 0 saturated heterocycles. The van der Waals surface area contributed by atoms with Gasteiger partial charge in [0.1, 0.15) is 5.75 Å². The Morgan fingerprint density at radius 2 is 1.81 bits per heavy atom. The minimum absolute atomic E-state index is 0.102. The van der Waals surface area contributed by atoms with Gasteiger partial charge in [0.05, 0.1) is 18.0 Å². The molecule has 5 rings (SSSR count). The van der Waals surface area contributed by atoms with Gasteiger partial charge in [0.25, 0.3) is 0 Å². The van der Waals surface area contributed by atoms with Crippen LogP contribution in [0.3, 0.4) is 0 Å². The van der Waals surface area contributed by atoms with Gasteiger partial charge in [-0.05, 0) is 54.7 Å². The maximum absolute atomic E-state index is 13.5. The van der Waals surface area contributed by atoms with Crippen LogP contribution in [0.2, 0.25) is 0 Å². The lowest BCUT2D eigenvalue weighted by Gasteiger charge is -2.52. The standard InChI is InChI=1S/C24H25N3O5/c1-12-9-14(5-6-18(12)28)20-15-7-8-26-22(31)25(4)23(32)27(26)17(15)11-16-21(30)13(2)10-19(29)24(16,20)3/h5-7,9-10,16-17,20,28H,8,11H2,1-4H3/t16-,17+,20-,24-/m0/s1. The summed E-state index contributed by atoms with van der Waals surface area (Å²) in [6, 6.07) is 4.70. The van der Waals surface area contributed by atoms with Crippen LogP contribution in [0.4, 0.5) is 0 Å². The molecule has 166 valence electrons. The van der Waals surface area contributed by atoms with E-state index >= 15 is 0 Å². The molecule has 1 aromatic heterocycles. The number of rotatable bonds is 1. The predicted octanol–water partition coefficient (Wildman–Crippen LogP) is 1.75. The van der Waals surface area contributed by atoms with Crippen LogP contribution in [0.1, 0.15) is 43.4 Å². The average molecular weight is 435 g/mol. The molecule has 0 spiro atoms. The van der Waals surface area contributed by atoms with Crippen LogP contribution in [0.5, 0.6) is 5.75 Å². The van der Waals surface area contributed by atoms with Crippen LogP contribution >= 0.6 is 0 Å². The lowest BCUT2D eigenvalue weighted by atomic mass is 9.51. The normalized spacial score (nSPS) is 29.1. The van der Waals surface area contributed by atoms with Gasteiger partial charge in [-0.3, -0.25) is 9.59 Å². The zero-order valence-electron chi connectivity index (χ0n) is 18.5. The molecular weight excluding hydrogens is 410 g/mol. The Bertz CT molecular complexity index is 1390. The minimum atomic E-state index is -1.02. The molecule has 2 aliphatic carbocycles. The fourth-order valence-corrected chi connectivity index (χ4v) is 5.89. The first-order valence-corrected chi connectivity index (χ1v) is 10.7. The Morgan fingerprint density at radius 3 is 2.50 bits per heavy atom. The van der Waals surface area contributed by atoms with Gasteiger partial charge in [0.2, 0.25) is 0 Å². The molecule has 1 N–H and O–H groups in total. The van der Waals surface area contributed by atoms with Gasteiger partial charge >= 0.3 is 11.4 Å². The third kappa shape index (κ3) is 2.43. The number of aromatic nitrogens is 3. The van der Waals surface area contributed by atoms with Crippen molar-refractivity contribution in [3.63, 3.8) is 0 Å². The second kappa shape index (κ2) is 6.54. The topological polar surface area (TPSA) is 103 Å². The second-order valence-electron chi connectivity index (χ2n) is 9.38. The van der Waals surface area contributed by atoms with Crippen molar-refractivity contribution < 1.29 is 14.7 Å². The first-order valence-electron chi connectivity index (χ1n) is 10.7. The van der Waals surface area contributed by atoms with E-state index < -0.39 is 34.7 Å². The highest BCUT2D eigenvalue weighted by atomic mass is 16.3. The smallest absolute Gasteiger partial charge is 0.347 e. The van der Waals surface area contributed by atoms with Crippen molar-refractivity contribution in [1.82, 2.24) is 13.9 Å². The van der Waals surface area contributed by atoms with Crippen LogP contribution in [-0.4, -0.2) is 30.6 Å². The number of carbonyl (C=O) groups excluding carboxylic acids is 2. The maximum atomic E-state index is 13.5. The van der Waals surface area contributed by atoms with E-state index in [1.165, 1.54) is 22.5 Å². The summed E-state index contributed by atoms with van der Waals surface area (Å²) >= 11 is 0. The number of ketones is 2. The molecule has 0 radical (unpaired) electrons. The van der Waals surface area contributed by atoms with Crippen LogP contribution in [0, 0.1) is 18.3 Å². The number of aryl methyl sites for hydroxylation is 1. The molecule has 8 nitrogen and oxygen atoms in total. The Morgan fingerprint density at radius 1 is 1.09 bits per heavy atom. The number of hydrogen-bond donors (Lipinski definition) is 1. The highest BCUT2D eigenvalue weighted by Gasteiger charge is 2.59. The summed E-state index contributed by atoms with van der Waals surface area (Å²) in [5.74, 6) is -1.17.